The lowest BCUT2D eigenvalue weighted by atomic mass is 9.90. The van der Waals surface area contributed by atoms with E-state index in [2.05, 4.69) is 34.5 Å². The van der Waals surface area contributed by atoms with E-state index < -0.39 is 12.1 Å². The maximum absolute atomic E-state index is 14.1. The summed E-state index contributed by atoms with van der Waals surface area (Å²) in [7, 11) is 1.33. The van der Waals surface area contributed by atoms with Crippen molar-refractivity contribution < 1.29 is 19.1 Å². The highest BCUT2D eigenvalue weighted by Crippen LogP contribution is 2.46. The molecule has 2 amide bonds. The van der Waals surface area contributed by atoms with Gasteiger partial charge < -0.3 is 19.7 Å². The van der Waals surface area contributed by atoms with Crippen LogP contribution in [0.5, 0.6) is 5.75 Å². The van der Waals surface area contributed by atoms with E-state index in [9.17, 15) is 9.59 Å². The Labute approximate surface area is 244 Å². The number of halogens is 1. The third kappa shape index (κ3) is 4.37. The van der Waals surface area contributed by atoms with Gasteiger partial charge in [-0.05, 0) is 95.0 Å². The number of carbonyl (C=O) groups excluding carboxylic acids is 2. The number of fused-ring (bicyclic) bond motifs is 7. The van der Waals surface area contributed by atoms with Gasteiger partial charge in [-0.15, -0.1) is 0 Å². The van der Waals surface area contributed by atoms with Crippen molar-refractivity contribution in [2.24, 2.45) is 16.8 Å². The number of ether oxygens (including phenoxy) is 2. The molecule has 0 unspecified atom stereocenters. The van der Waals surface area contributed by atoms with Crippen LogP contribution in [0.25, 0.3) is 21.9 Å². The maximum atomic E-state index is 14.1. The number of hydrogen-bond donors (Lipinski definition) is 1. The molecule has 3 aromatic rings. The van der Waals surface area contributed by atoms with Crippen molar-refractivity contribution in [2.45, 2.75) is 70.7 Å². The van der Waals surface area contributed by atoms with E-state index in [0.717, 1.165) is 54.0 Å². The molecule has 0 aromatic heterocycles. The molecule has 0 radical (unpaired) electrons. The van der Waals surface area contributed by atoms with E-state index in [1.807, 2.05) is 32.0 Å². The van der Waals surface area contributed by atoms with Crippen LogP contribution in [0.2, 0.25) is 5.02 Å². The van der Waals surface area contributed by atoms with Crippen molar-refractivity contribution in [1.29, 1.82) is 0 Å². The second-order valence-electron chi connectivity index (χ2n) is 12.1. The first-order valence-corrected chi connectivity index (χ1v) is 15.0. The van der Waals surface area contributed by atoms with Gasteiger partial charge in [0.15, 0.2) is 0 Å². The molecule has 3 aliphatic heterocycles. The number of likely N-dealkylation sites (tertiary alicyclic amines) is 1. The first-order valence-electron chi connectivity index (χ1n) is 14.6. The molecule has 8 heteroatoms. The summed E-state index contributed by atoms with van der Waals surface area (Å²) in [6.45, 7) is 4.42. The molecule has 1 saturated heterocycles. The molecule has 0 bridgehead atoms. The molecule has 1 N–H and O–H groups in total. The molecule has 7 rings (SSSR count). The summed E-state index contributed by atoms with van der Waals surface area (Å²) in [6.07, 6.45) is 4.31. The number of methoxy groups -OCH3 is 1. The van der Waals surface area contributed by atoms with Crippen LogP contribution in [0.1, 0.15) is 50.7 Å². The van der Waals surface area contributed by atoms with Gasteiger partial charge in [-0.25, -0.2) is 4.79 Å². The fraction of sp³-hybridized carbons (Fsp3) is 0.424. The molecule has 0 spiro atoms. The number of hydrogen-bond acceptors (Lipinski definition) is 5. The molecule has 1 aliphatic carbocycles. The number of amides is 2. The number of rotatable bonds is 4. The molecule has 7 nitrogen and oxygen atoms in total. The van der Waals surface area contributed by atoms with Gasteiger partial charge in [-0.1, -0.05) is 37.9 Å². The lowest BCUT2D eigenvalue weighted by Gasteiger charge is -2.34. The van der Waals surface area contributed by atoms with E-state index in [0.29, 0.717) is 24.0 Å². The summed E-state index contributed by atoms with van der Waals surface area (Å²) in [5.74, 6) is 1.19. The molecule has 3 heterocycles. The third-order valence-corrected chi connectivity index (χ3v) is 9.67. The Kier molecular flexibility index (Phi) is 6.45. The van der Waals surface area contributed by atoms with Crippen molar-refractivity contribution in [1.82, 2.24) is 10.2 Å². The zero-order valence-electron chi connectivity index (χ0n) is 23.6. The minimum atomic E-state index is -0.640. The van der Waals surface area contributed by atoms with Crippen molar-refractivity contribution >= 4 is 45.8 Å². The Morgan fingerprint density at radius 3 is 2.78 bits per heavy atom. The third-order valence-electron chi connectivity index (χ3n) is 9.44. The maximum Gasteiger partial charge on any atom is 0.407 e. The van der Waals surface area contributed by atoms with Crippen molar-refractivity contribution in [2.75, 3.05) is 7.11 Å². The summed E-state index contributed by atoms with van der Waals surface area (Å²) in [6, 6.07) is 14.0. The number of nitrogens with one attached hydrogen (secondary N) is 1. The van der Waals surface area contributed by atoms with E-state index in [-0.39, 0.29) is 23.9 Å². The quantitative estimate of drug-likeness (QED) is 0.372. The van der Waals surface area contributed by atoms with Crippen molar-refractivity contribution in [3.63, 3.8) is 0 Å². The van der Waals surface area contributed by atoms with Gasteiger partial charge in [-0.2, -0.15) is 0 Å². The SMILES string of the molecule is COC(=O)N[C@H](C(=O)N1[C@H](C2=Nc3ccc4cc5c(cc4c3C2)COc2cc(Cl)ccc2-5)C[C@@H]2CCC[C@@H]21)C(C)C. The highest BCUT2D eigenvalue weighted by molar-refractivity contribution is 6.30. The minimum absolute atomic E-state index is 0.0294. The van der Waals surface area contributed by atoms with Gasteiger partial charge in [0.05, 0.1) is 18.8 Å². The fourth-order valence-electron chi connectivity index (χ4n) is 7.45. The number of aliphatic imine (C=N–C) groups is 1. The molecule has 3 aromatic carbocycles. The Morgan fingerprint density at radius 1 is 1.12 bits per heavy atom. The summed E-state index contributed by atoms with van der Waals surface area (Å²) in [5, 5.41) is 5.82. The highest BCUT2D eigenvalue weighted by Gasteiger charge is 2.50. The van der Waals surface area contributed by atoms with Gasteiger partial charge in [0.25, 0.3) is 0 Å². The number of carbonyl (C=O) groups is 2. The van der Waals surface area contributed by atoms with Gasteiger partial charge in [0.2, 0.25) is 5.91 Å². The molecular weight excluding hydrogens is 538 g/mol. The van der Waals surface area contributed by atoms with Crippen molar-refractivity contribution in [3.05, 3.63) is 58.6 Å². The molecular formula is C33H34ClN3O4. The van der Waals surface area contributed by atoms with Crippen LogP contribution in [0, 0.1) is 11.8 Å². The van der Waals surface area contributed by atoms with E-state index in [1.165, 1.54) is 29.0 Å². The fourth-order valence-corrected chi connectivity index (χ4v) is 7.62. The summed E-state index contributed by atoms with van der Waals surface area (Å²) >= 11 is 6.21. The molecule has 4 atom stereocenters. The smallest absolute Gasteiger partial charge is 0.407 e. The minimum Gasteiger partial charge on any atom is -0.488 e. The standard InChI is InChI=1S/C33H34ClN3O4/c1-17(2)31(36-33(39)40-3)32(38)37-28-6-4-5-19(28)13-29(37)27-15-25-23-12-20-16-41-30-14-21(34)8-9-22(30)24(20)11-18(23)7-10-26(25)35-27/h7-12,14,17,19,28-29,31H,4-6,13,15-16H2,1-3H3,(H,36,39)/t19-,28-,29-,31-/m0/s1. The first kappa shape index (κ1) is 26.3. The Balaban J connectivity index is 1.22. The van der Waals surface area contributed by atoms with Gasteiger partial charge >= 0.3 is 6.09 Å². The van der Waals surface area contributed by atoms with E-state index >= 15 is 0 Å². The lowest BCUT2D eigenvalue weighted by molar-refractivity contribution is -0.136. The average Bonchev–Trinajstić information content (AvgIpc) is 3.68. The zero-order valence-corrected chi connectivity index (χ0v) is 24.3. The number of nitrogens with zero attached hydrogens (tertiary/aromatic N) is 2. The monoisotopic (exact) mass is 571 g/mol. The van der Waals surface area contributed by atoms with Crippen LogP contribution < -0.4 is 10.1 Å². The number of benzene rings is 3. The summed E-state index contributed by atoms with van der Waals surface area (Å²) in [4.78, 5) is 33.4. The summed E-state index contributed by atoms with van der Waals surface area (Å²) < 4.78 is 10.9. The second kappa shape index (κ2) is 10.1. The van der Waals surface area contributed by atoms with Gasteiger partial charge in [-0.3, -0.25) is 9.79 Å². The van der Waals surface area contributed by atoms with Crippen LogP contribution in [0.4, 0.5) is 10.5 Å². The second-order valence-corrected chi connectivity index (χ2v) is 12.6. The van der Waals surface area contributed by atoms with Crippen LogP contribution in [-0.2, 0) is 22.6 Å². The molecule has 212 valence electrons. The van der Waals surface area contributed by atoms with Crippen molar-refractivity contribution in [3.8, 4) is 16.9 Å². The van der Waals surface area contributed by atoms with Gasteiger partial charge in [0, 0.05) is 28.8 Å². The molecule has 4 aliphatic rings. The average molecular weight is 572 g/mol. The largest absolute Gasteiger partial charge is 0.488 e. The molecule has 1 saturated carbocycles. The summed E-state index contributed by atoms with van der Waals surface area (Å²) in [5.41, 5.74) is 6.61. The number of alkyl carbamates (subject to hydrolysis) is 1. The van der Waals surface area contributed by atoms with Crippen LogP contribution >= 0.6 is 11.6 Å². The molecule has 2 fully saturated rings. The van der Waals surface area contributed by atoms with Crippen LogP contribution in [-0.4, -0.2) is 47.8 Å². The first-order chi connectivity index (χ1) is 19.8. The highest BCUT2D eigenvalue weighted by atomic mass is 35.5. The van der Waals surface area contributed by atoms with E-state index in [4.69, 9.17) is 26.1 Å². The van der Waals surface area contributed by atoms with Crippen LogP contribution in [0.3, 0.4) is 0 Å². The van der Waals surface area contributed by atoms with Gasteiger partial charge in [0.1, 0.15) is 18.4 Å². The Bertz CT molecular complexity index is 1620. The zero-order chi connectivity index (χ0) is 28.4. The topological polar surface area (TPSA) is 80.2 Å². The lowest BCUT2D eigenvalue weighted by Crippen LogP contribution is -2.56. The normalized spacial score (nSPS) is 22.9. The predicted molar refractivity (Wildman–Crippen MR) is 160 cm³/mol. The predicted octanol–water partition coefficient (Wildman–Crippen LogP) is 6.83. The van der Waals surface area contributed by atoms with Crippen LogP contribution in [0.15, 0.2) is 47.5 Å². The Hall–Kier alpha value is -3.58. The molecule has 41 heavy (non-hydrogen) atoms. The van der Waals surface area contributed by atoms with E-state index in [1.54, 1.807) is 0 Å². The Morgan fingerprint density at radius 2 is 1.98 bits per heavy atom.